The fourth-order valence-corrected chi connectivity index (χ4v) is 5.23. The molecule has 0 atom stereocenters. The highest BCUT2D eigenvalue weighted by atomic mass is 32.2. The molecule has 1 amide bonds. The first-order valence-corrected chi connectivity index (χ1v) is 14.2. The zero-order valence-electron chi connectivity index (χ0n) is 22.9. The Morgan fingerprint density at radius 2 is 1.76 bits per heavy atom. The molecule has 0 N–H and O–H groups in total. The molecule has 0 radical (unpaired) electrons. The lowest BCUT2D eigenvalue weighted by Gasteiger charge is -2.19. The van der Waals surface area contributed by atoms with Gasteiger partial charge in [0.25, 0.3) is 5.91 Å². The van der Waals surface area contributed by atoms with Crippen molar-refractivity contribution in [2.45, 2.75) is 65.4 Å². The summed E-state index contributed by atoms with van der Waals surface area (Å²) < 4.78 is 17.2. The summed E-state index contributed by atoms with van der Waals surface area (Å²) >= 11 is 6.76. The number of hydrogen-bond acceptors (Lipinski definition) is 7. The summed E-state index contributed by atoms with van der Waals surface area (Å²) in [6, 6.07) is 14.2. The molecule has 0 unspecified atom stereocenters. The molecule has 0 aromatic heterocycles. The van der Waals surface area contributed by atoms with Crippen molar-refractivity contribution in [2.75, 3.05) is 20.3 Å². The van der Waals surface area contributed by atoms with Crippen LogP contribution in [0.3, 0.4) is 0 Å². The van der Waals surface area contributed by atoms with Gasteiger partial charge in [0.05, 0.1) is 18.6 Å². The van der Waals surface area contributed by atoms with Gasteiger partial charge in [0.2, 0.25) is 0 Å². The molecule has 8 heteroatoms. The van der Waals surface area contributed by atoms with Gasteiger partial charge < -0.3 is 14.2 Å². The molecule has 204 valence electrons. The number of rotatable bonds is 12. The third-order valence-corrected chi connectivity index (χ3v) is 7.52. The number of benzene rings is 2. The van der Waals surface area contributed by atoms with Crippen molar-refractivity contribution in [2.24, 2.45) is 0 Å². The SMILES string of the molecule is CCOc1cc(/C=C2/SC(=S)N(CCCCCC(=O)OC)C2=O)ccc1OCc1ccc(C(C)(C)C)cc1. The second kappa shape index (κ2) is 13.8. The summed E-state index contributed by atoms with van der Waals surface area (Å²) in [6.07, 6.45) is 4.56. The van der Waals surface area contributed by atoms with Crippen molar-refractivity contribution in [3.8, 4) is 11.5 Å². The Kier molecular flexibility index (Phi) is 10.8. The van der Waals surface area contributed by atoms with E-state index in [0.717, 1.165) is 30.4 Å². The van der Waals surface area contributed by atoms with Crippen molar-refractivity contribution in [1.29, 1.82) is 0 Å². The fourth-order valence-electron chi connectivity index (χ4n) is 3.93. The molecule has 6 nitrogen and oxygen atoms in total. The van der Waals surface area contributed by atoms with Gasteiger partial charge in [-0.3, -0.25) is 14.5 Å². The Morgan fingerprint density at radius 1 is 1.03 bits per heavy atom. The van der Waals surface area contributed by atoms with Crippen LogP contribution >= 0.6 is 24.0 Å². The average molecular weight is 556 g/mol. The molecule has 0 bridgehead atoms. The number of unbranched alkanes of at least 4 members (excludes halogenated alkanes) is 2. The Bertz CT molecular complexity index is 1170. The molecule has 0 aliphatic carbocycles. The predicted molar refractivity (Wildman–Crippen MR) is 157 cm³/mol. The molecule has 2 aromatic carbocycles. The topological polar surface area (TPSA) is 65.1 Å². The third-order valence-electron chi connectivity index (χ3n) is 6.14. The van der Waals surface area contributed by atoms with E-state index >= 15 is 0 Å². The van der Waals surface area contributed by atoms with Gasteiger partial charge in [0.15, 0.2) is 11.5 Å². The maximum atomic E-state index is 13.0. The van der Waals surface area contributed by atoms with Gasteiger partial charge in [-0.15, -0.1) is 0 Å². The molecular formula is C30H37NO5S2. The van der Waals surface area contributed by atoms with Crippen LogP contribution in [-0.4, -0.2) is 41.4 Å². The Hall–Kier alpha value is -2.84. The number of amides is 1. The highest BCUT2D eigenvalue weighted by Crippen LogP contribution is 2.35. The van der Waals surface area contributed by atoms with Gasteiger partial charge in [-0.25, -0.2) is 0 Å². The molecule has 3 rings (SSSR count). The number of carbonyl (C=O) groups is 2. The highest BCUT2D eigenvalue weighted by molar-refractivity contribution is 8.26. The smallest absolute Gasteiger partial charge is 0.305 e. The van der Waals surface area contributed by atoms with E-state index in [2.05, 4.69) is 49.8 Å². The van der Waals surface area contributed by atoms with E-state index in [-0.39, 0.29) is 17.3 Å². The summed E-state index contributed by atoms with van der Waals surface area (Å²) in [4.78, 5) is 26.4. The van der Waals surface area contributed by atoms with E-state index < -0.39 is 0 Å². The van der Waals surface area contributed by atoms with E-state index in [0.29, 0.717) is 46.9 Å². The second-order valence-corrected chi connectivity index (χ2v) is 11.8. The predicted octanol–water partition coefficient (Wildman–Crippen LogP) is 6.90. The van der Waals surface area contributed by atoms with Crippen LogP contribution in [0.1, 0.15) is 70.1 Å². The number of esters is 1. The van der Waals surface area contributed by atoms with Gasteiger partial charge >= 0.3 is 5.97 Å². The summed E-state index contributed by atoms with van der Waals surface area (Å²) in [5.41, 5.74) is 3.31. The number of methoxy groups -OCH3 is 1. The van der Waals surface area contributed by atoms with Crippen LogP contribution in [-0.2, 0) is 26.3 Å². The van der Waals surface area contributed by atoms with Crippen molar-refractivity contribution < 1.29 is 23.8 Å². The lowest BCUT2D eigenvalue weighted by Crippen LogP contribution is -2.29. The second-order valence-electron chi connectivity index (χ2n) is 10.1. The first kappa shape index (κ1) is 29.7. The minimum Gasteiger partial charge on any atom is -0.490 e. The highest BCUT2D eigenvalue weighted by Gasteiger charge is 2.31. The van der Waals surface area contributed by atoms with E-state index in [9.17, 15) is 9.59 Å². The zero-order chi connectivity index (χ0) is 27.7. The molecule has 38 heavy (non-hydrogen) atoms. The number of hydrogen-bond donors (Lipinski definition) is 0. The number of nitrogens with zero attached hydrogens (tertiary/aromatic N) is 1. The van der Waals surface area contributed by atoms with Crippen molar-refractivity contribution in [1.82, 2.24) is 4.90 Å². The van der Waals surface area contributed by atoms with Crippen molar-refractivity contribution >= 4 is 46.3 Å². The Labute approximate surface area is 235 Å². The number of carbonyl (C=O) groups excluding carboxylic acids is 2. The number of thiocarbonyl (C=S) groups is 1. The molecule has 0 spiro atoms. The summed E-state index contributed by atoms with van der Waals surface area (Å²) in [5.74, 6) is 0.984. The van der Waals surface area contributed by atoms with Crippen molar-refractivity contribution in [3.63, 3.8) is 0 Å². The van der Waals surface area contributed by atoms with E-state index in [1.165, 1.54) is 24.4 Å². The van der Waals surface area contributed by atoms with Crippen LogP contribution in [0.15, 0.2) is 47.4 Å². The molecular weight excluding hydrogens is 518 g/mol. The largest absolute Gasteiger partial charge is 0.490 e. The van der Waals surface area contributed by atoms with E-state index in [1.807, 2.05) is 31.2 Å². The maximum absolute atomic E-state index is 13.0. The number of thioether (sulfide) groups is 1. The van der Waals surface area contributed by atoms with Gasteiger partial charge in [-0.1, -0.05) is 81.5 Å². The molecule has 0 saturated carbocycles. The van der Waals surface area contributed by atoms with Gasteiger partial charge in [0.1, 0.15) is 10.9 Å². The zero-order valence-corrected chi connectivity index (χ0v) is 24.5. The third kappa shape index (κ3) is 8.33. The molecule has 1 saturated heterocycles. The summed E-state index contributed by atoms with van der Waals surface area (Å²) in [6.45, 7) is 9.99. The van der Waals surface area contributed by atoms with Crippen LogP contribution in [0.4, 0.5) is 0 Å². The normalized spacial score (nSPS) is 14.8. The minimum absolute atomic E-state index is 0.0926. The molecule has 1 fully saturated rings. The van der Waals surface area contributed by atoms with Gasteiger partial charge in [-0.05, 0) is 60.1 Å². The van der Waals surface area contributed by atoms with Crippen LogP contribution in [0.2, 0.25) is 0 Å². The summed E-state index contributed by atoms with van der Waals surface area (Å²) in [7, 11) is 1.39. The lowest BCUT2D eigenvalue weighted by atomic mass is 9.87. The lowest BCUT2D eigenvalue weighted by molar-refractivity contribution is -0.140. The van der Waals surface area contributed by atoms with Crippen LogP contribution in [0.25, 0.3) is 6.08 Å². The Morgan fingerprint density at radius 3 is 2.42 bits per heavy atom. The maximum Gasteiger partial charge on any atom is 0.305 e. The average Bonchev–Trinajstić information content (AvgIpc) is 3.15. The molecule has 1 heterocycles. The van der Waals surface area contributed by atoms with Crippen molar-refractivity contribution in [3.05, 3.63) is 64.1 Å². The van der Waals surface area contributed by atoms with Crippen LogP contribution < -0.4 is 9.47 Å². The van der Waals surface area contributed by atoms with E-state index in [1.54, 1.807) is 4.90 Å². The molecule has 1 aliphatic rings. The van der Waals surface area contributed by atoms with Crippen LogP contribution in [0, 0.1) is 0 Å². The monoisotopic (exact) mass is 555 g/mol. The fraction of sp³-hybridized carbons (Fsp3) is 0.433. The first-order chi connectivity index (χ1) is 18.1. The Balaban J connectivity index is 1.63. The minimum atomic E-state index is -0.212. The van der Waals surface area contributed by atoms with E-state index in [4.69, 9.17) is 21.7 Å². The number of ether oxygens (including phenoxy) is 3. The molecule has 2 aromatic rings. The molecule has 1 aliphatic heterocycles. The quantitative estimate of drug-likeness (QED) is 0.122. The standard InChI is InChI=1S/C30H37NO5S2/c1-6-35-25-18-22(13-16-24(25)36-20-21-11-14-23(15-12-21)30(2,3)4)19-26-28(33)31(29(37)38-26)17-9-7-8-10-27(32)34-5/h11-16,18-19H,6-10,17,20H2,1-5H3/b26-19+. The first-order valence-electron chi connectivity index (χ1n) is 12.9. The van der Waals surface area contributed by atoms with Crippen LogP contribution in [0.5, 0.6) is 11.5 Å². The van der Waals surface area contributed by atoms with Gasteiger partial charge in [-0.2, -0.15) is 0 Å². The summed E-state index contributed by atoms with van der Waals surface area (Å²) in [5, 5.41) is 0. The van der Waals surface area contributed by atoms with Gasteiger partial charge in [0, 0.05) is 13.0 Å².